The third kappa shape index (κ3) is 141. The Balaban J connectivity index is -0.0000000800. The largest absolute Gasteiger partial charge is 3.00 e. The van der Waals surface area contributed by atoms with Crippen molar-refractivity contribution in [2.24, 2.45) is 0 Å². The molecule has 0 aliphatic carbocycles. The summed E-state index contributed by atoms with van der Waals surface area (Å²) in [6.07, 6.45) is 0. The summed E-state index contributed by atoms with van der Waals surface area (Å²) in [4.78, 5) is 25.6. The van der Waals surface area contributed by atoms with Crippen LogP contribution < -0.4 is 14.7 Å². The maximum atomic E-state index is 8.55. The molecule has 0 aliphatic heterocycles. The Hall–Kier alpha value is 1.16. The molecule has 0 amide bonds. The van der Waals surface area contributed by atoms with Crippen LogP contribution in [0.15, 0.2) is 0 Å². The molecule has 0 N–H and O–H groups in total. The Morgan fingerprint density at radius 1 is 1.14 bits per heavy atom. The van der Waals surface area contributed by atoms with Gasteiger partial charge in [-0.3, -0.25) is 0 Å². The van der Waals surface area contributed by atoms with Crippen LogP contribution in [0, 0.1) is 0 Å². The SMILES string of the molecule is O=P([O-])([O-])[O-].[Al+3].[Fe+3]. The van der Waals surface area contributed by atoms with Crippen LogP contribution in [0.5, 0.6) is 0 Å². The molecule has 0 aromatic heterocycles. The van der Waals surface area contributed by atoms with Crippen molar-refractivity contribution >= 4 is 25.2 Å². The van der Waals surface area contributed by atoms with Crippen molar-refractivity contribution < 1.29 is 36.3 Å². The van der Waals surface area contributed by atoms with E-state index in [1.54, 1.807) is 0 Å². The van der Waals surface area contributed by atoms with Gasteiger partial charge >= 0.3 is 34.4 Å². The molecule has 7 heavy (non-hydrogen) atoms. The molecule has 7 heteroatoms. The van der Waals surface area contributed by atoms with E-state index >= 15 is 0 Å². The zero-order valence-corrected chi connectivity index (χ0v) is 6.16. The summed E-state index contributed by atoms with van der Waals surface area (Å²) in [5, 5.41) is 0. The molecular weight excluding hydrogens is 178 g/mol. The minimum Gasteiger partial charge on any atom is -0.822 e. The van der Waals surface area contributed by atoms with Gasteiger partial charge in [-0.05, 0) is 0 Å². The van der Waals surface area contributed by atoms with Crippen LogP contribution in [0.1, 0.15) is 0 Å². The van der Waals surface area contributed by atoms with Crippen molar-refractivity contribution in [3.05, 3.63) is 0 Å². The summed E-state index contributed by atoms with van der Waals surface area (Å²) >= 11 is 0. The molecule has 0 aromatic carbocycles. The third-order valence-electron chi connectivity index (χ3n) is 0. The van der Waals surface area contributed by atoms with Gasteiger partial charge in [-0.1, -0.05) is 0 Å². The molecule has 0 spiro atoms. The summed E-state index contributed by atoms with van der Waals surface area (Å²) in [7, 11) is -5.39. The van der Waals surface area contributed by atoms with Crippen LogP contribution in [0.3, 0.4) is 0 Å². The van der Waals surface area contributed by atoms with Crippen molar-refractivity contribution in [3.63, 3.8) is 0 Å². The molecule has 37 valence electrons. The van der Waals surface area contributed by atoms with Crippen LogP contribution >= 0.6 is 7.82 Å². The number of rotatable bonds is 0. The van der Waals surface area contributed by atoms with Crippen LogP contribution in [-0.4, -0.2) is 17.4 Å². The minimum atomic E-state index is -5.39. The molecule has 1 radical (unpaired) electrons. The fourth-order valence-electron chi connectivity index (χ4n) is 0. The molecule has 0 saturated heterocycles. The molecule has 4 nitrogen and oxygen atoms in total. The molecule has 0 aromatic rings. The second-order valence-electron chi connectivity index (χ2n) is 0.447. The zero-order chi connectivity index (χ0) is 4.50. The molecule has 0 saturated carbocycles. The number of hydrogen-bond donors (Lipinski definition) is 0. The maximum Gasteiger partial charge on any atom is 3.00 e. The van der Waals surface area contributed by atoms with E-state index in [0.29, 0.717) is 0 Å². The normalized spacial score (nSPS) is 8.43. The molecule has 0 rings (SSSR count). The second kappa shape index (κ2) is 5.30. The van der Waals surface area contributed by atoms with Gasteiger partial charge in [0.15, 0.2) is 0 Å². The van der Waals surface area contributed by atoms with Gasteiger partial charge in [-0.25, -0.2) is 0 Å². The second-order valence-corrected chi connectivity index (χ2v) is 1.34. The predicted molar refractivity (Wildman–Crippen MR) is 13.4 cm³/mol. The van der Waals surface area contributed by atoms with Gasteiger partial charge in [0.2, 0.25) is 0 Å². The Bertz CT molecular complexity index is 57.8. The summed E-state index contributed by atoms with van der Waals surface area (Å²) in [5.41, 5.74) is 0. The molecule has 0 aliphatic rings. The third-order valence-corrected chi connectivity index (χ3v) is 0. The summed E-state index contributed by atoms with van der Waals surface area (Å²) in [6.45, 7) is 0. The van der Waals surface area contributed by atoms with Gasteiger partial charge in [0, 0.05) is 0 Å². The quantitative estimate of drug-likeness (QED) is 0.288. The van der Waals surface area contributed by atoms with Crippen molar-refractivity contribution in [1.29, 1.82) is 0 Å². The van der Waals surface area contributed by atoms with Crippen LogP contribution in [-0.2, 0) is 21.6 Å². The van der Waals surface area contributed by atoms with Gasteiger partial charge in [0.25, 0.3) is 0 Å². The first kappa shape index (κ1) is 15.7. The fourth-order valence-corrected chi connectivity index (χ4v) is 0. The Kier molecular flexibility index (Phi) is 11.9. The van der Waals surface area contributed by atoms with Gasteiger partial charge in [0.1, 0.15) is 0 Å². The molecule has 0 atom stereocenters. The maximum absolute atomic E-state index is 8.55. The predicted octanol–water partition coefficient (Wildman–Crippen LogP) is -3.21. The van der Waals surface area contributed by atoms with Gasteiger partial charge in [-0.15, -0.1) is 0 Å². The molecular formula is AlFeO4P+3. The number of hydrogen-bond acceptors (Lipinski definition) is 4. The van der Waals surface area contributed by atoms with E-state index in [0.717, 1.165) is 0 Å². The summed E-state index contributed by atoms with van der Waals surface area (Å²) < 4.78 is 8.55. The Morgan fingerprint density at radius 3 is 1.14 bits per heavy atom. The van der Waals surface area contributed by atoms with Crippen LogP contribution in [0.4, 0.5) is 0 Å². The van der Waals surface area contributed by atoms with Gasteiger partial charge in [0.05, 0.1) is 0 Å². The van der Waals surface area contributed by atoms with E-state index in [1.807, 2.05) is 0 Å². The van der Waals surface area contributed by atoms with Crippen molar-refractivity contribution in [2.45, 2.75) is 0 Å². The standard InChI is InChI=1S/Al.Fe.H3O4P/c;;1-5(2,3)4/h;;(H3,1,2,3,4)/q2*+3;/p-3. The molecule has 0 bridgehead atoms. The Morgan fingerprint density at radius 2 is 1.14 bits per heavy atom. The minimum absolute atomic E-state index is 0. The van der Waals surface area contributed by atoms with Gasteiger partial charge in [-0.2, -0.15) is 7.82 Å². The average Bonchev–Trinajstić information content (AvgIpc) is 0.722. The fraction of sp³-hybridized carbons (Fsp3) is 0. The topological polar surface area (TPSA) is 86.2 Å². The van der Waals surface area contributed by atoms with Crippen molar-refractivity contribution in [2.75, 3.05) is 0 Å². The van der Waals surface area contributed by atoms with Gasteiger partial charge < -0.3 is 19.2 Å². The first-order chi connectivity index (χ1) is 2.00. The van der Waals surface area contributed by atoms with Crippen molar-refractivity contribution in [1.82, 2.24) is 0 Å². The van der Waals surface area contributed by atoms with E-state index in [4.69, 9.17) is 19.2 Å². The summed E-state index contributed by atoms with van der Waals surface area (Å²) in [6, 6.07) is 0. The van der Waals surface area contributed by atoms with E-state index in [9.17, 15) is 0 Å². The van der Waals surface area contributed by atoms with E-state index in [-0.39, 0.29) is 34.4 Å². The zero-order valence-electron chi connectivity index (χ0n) is 3.01. The van der Waals surface area contributed by atoms with Crippen LogP contribution in [0.2, 0.25) is 0 Å². The van der Waals surface area contributed by atoms with Crippen LogP contribution in [0.25, 0.3) is 0 Å². The molecule has 0 unspecified atom stereocenters. The average molecular weight is 178 g/mol. The monoisotopic (exact) mass is 178 g/mol. The smallest absolute Gasteiger partial charge is 0.822 e. The first-order valence-corrected chi connectivity index (χ1v) is 2.19. The summed E-state index contributed by atoms with van der Waals surface area (Å²) in [5.74, 6) is 0. The Labute approximate surface area is 61.8 Å². The molecule has 0 heterocycles. The number of phosphoric acid groups is 1. The van der Waals surface area contributed by atoms with E-state index in [2.05, 4.69) is 0 Å². The first-order valence-electron chi connectivity index (χ1n) is 0.730. The van der Waals surface area contributed by atoms with E-state index in [1.165, 1.54) is 0 Å². The van der Waals surface area contributed by atoms with E-state index < -0.39 is 7.82 Å². The molecule has 0 fully saturated rings. The van der Waals surface area contributed by atoms with Crippen molar-refractivity contribution in [3.8, 4) is 0 Å².